The molecule has 5 rings (SSSR count). The summed E-state index contributed by atoms with van der Waals surface area (Å²) in [5.41, 5.74) is 2.76. The lowest BCUT2D eigenvalue weighted by molar-refractivity contribution is -0.384. The third-order valence-corrected chi connectivity index (χ3v) is 5.40. The number of Topliss-reactive ketones (excluding diaryl/α,β-unsaturated/α-hetero) is 1. The van der Waals surface area contributed by atoms with E-state index in [9.17, 15) is 19.3 Å². The van der Waals surface area contributed by atoms with Crippen LogP contribution < -0.4 is 9.47 Å². The van der Waals surface area contributed by atoms with E-state index in [-0.39, 0.29) is 23.0 Å². The van der Waals surface area contributed by atoms with E-state index in [1.165, 1.54) is 24.3 Å². The Morgan fingerprint density at radius 2 is 1.81 bits per heavy atom. The van der Waals surface area contributed by atoms with Crippen molar-refractivity contribution in [2.75, 3.05) is 6.73 Å². The molecule has 7 nitrogen and oxygen atoms in total. The lowest BCUT2D eigenvalue weighted by atomic mass is 10.0. The molecule has 0 spiro atoms. The summed E-state index contributed by atoms with van der Waals surface area (Å²) >= 11 is 0. The number of nitro benzene ring substituents is 1. The number of carbonyl (C=O) groups is 1. The van der Waals surface area contributed by atoms with Crippen molar-refractivity contribution >= 4 is 17.5 Å². The van der Waals surface area contributed by atoms with Crippen LogP contribution in [-0.2, 0) is 13.1 Å². The normalized spacial score (nSPS) is 16.3. The number of hydrogen-bond donors (Lipinski definition) is 0. The number of ketones is 1. The van der Waals surface area contributed by atoms with Gasteiger partial charge < -0.3 is 9.47 Å². The van der Waals surface area contributed by atoms with E-state index < -0.39 is 4.92 Å². The average molecular weight is 432 g/mol. The summed E-state index contributed by atoms with van der Waals surface area (Å²) in [6.07, 6.45) is 1.57. The van der Waals surface area contributed by atoms with Gasteiger partial charge in [-0.2, -0.15) is 0 Å². The fourth-order valence-electron chi connectivity index (χ4n) is 3.80. The van der Waals surface area contributed by atoms with Crippen LogP contribution in [0.5, 0.6) is 11.5 Å². The molecule has 2 aliphatic rings. The molecule has 160 valence electrons. The van der Waals surface area contributed by atoms with E-state index in [1.54, 1.807) is 42.5 Å². The summed E-state index contributed by atoms with van der Waals surface area (Å²) in [4.78, 5) is 25.3. The predicted molar refractivity (Wildman–Crippen MR) is 114 cm³/mol. The summed E-state index contributed by atoms with van der Waals surface area (Å²) in [6.45, 7) is 1.43. The van der Waals surface area contributed by atoms with E-state index in [0.29, 0.717) is 42.4 Å². The highest BCUT2D eigenvalue weighted by atomic mass is 19.1. The second-order valence-electron chi connectivity index (χ2n) is 7.59. The molecule has 32 heavy (non-hydrogen) atoms. The molecule has 2 aliphatic heterocycles. The maximum absolute atomic E-state index is 13.2. The number of fused-ring (bicyclic) bond motifs is 3. The minimum atomic E-state index is -0.478. The van der Waals surface area contributed by atoms with Crippen LogP contribution in [0.3, 0.4) is 0 Å². The molecule has 0 atom stereocenters. The van der Waals surface area contributed by atoms with Gasteiger partial charge in [-0.3, -0.25) is 19.8 Å². The Hall–Kier alpha value is -4.04. The Morgan fingerprint density at radius 3 is 2.53 bits per heavy atom. The maximum atomic E-state index is 13.2. The number of allylic oxidation sites excluding steroid dienone is 1. The Kier molecular flexibility index (Phi) is 4.91. The first-order chi connectivity index (χ1) is 15.5. The zero-order chi connectivity index (χ0) is 22.2. The summed E-state index contributed by atoms with van der Waals surface area (Å²) in [5, 5.41) is 10.8. The number of nitrogens with zero attached hydrogens (tertiary/aromatic N) is 2. The van der Waals surface area contributed by atoms with Crippen LogP contribution >= 0.6 is 0 Å². The van der Waals surface area contributed by atoms with E-state index in [1.807, 2.05) is 4.90 Å². The monoisotopic (exact) mass is 432 g/mol. The van der Waals surface area contributed by atoms with E-state index in [4.69, 9.17) is 9.47 Å². The highest BCUT2D eigenvalue weighted by Gasteiger charge is 2.33. The third kappa shape index (κ3) is 3.72. The van der Waals surface area contributed by atoms with Gasteiger partial charge >= 0.3 is 0 Å². The Balaban J connectivity index is 1.39. The zero-order valence-electron chi connectivity index (χ0n) is 16.8. The first-order valence-electron chi connectivity index (χ1n) is 9.92. The van der Waals surface area contributed by atoms with Gasteiger partial charge in [-0.25, -0.2) is 4.39 Å². The highest BCUT2D eigenvalue weighted by molar-refractivity contribution is 6.15. The van der Waals surface area contributed by atoms with Gasteiger partial charge in [0.05, 0.1) is 16.1 Å². The van der Waals surface area contributed by atoms with Gasteiger partial charge in [0.25, 0.3) is 5.69 Å². The van der Waals surface area contributed by atoms with Gasteiger partial charge in [-0.1, -0.05) is 12.1 Å². The van der Waals surface area contributed by atoms with Crippen molar-refractivity contribution in [1.82, 2.24) is 4.90 Å². The number of hydrogen-bond acceptors (Lipinski definition) is 6. The molecule has 0 radical (unpaired) electrons. The maximum Gasteiger partial charge on any atom is 0.269 e. The van der Waals surface area contributed by atoms with Crippen molar-refractivity contribution in [1.29, 1.82) is 0 Å². The zero-order valence-corrected chi connectivity index (χ0v) is 16.8. The molecule has 0 aromatic heterocycles. The number of benzene rings is 3. The van der Waals surface area contributed by atoms with E-state index in [2.05, 4.69) is 0 Å². The smallest absolute Gasteiger partial charge is 0.269 e. The fourth-order valence-corrected chi connectivity index (χ4v) is 3.80. The molecule has 0 unspecified atom stereocenters. The minimum Gasteiger partial charge on any atom is -0.478 e. The second-order valence-corrected chi connectivity index (χ2v) is 7.59. The van der Waals surface area contributed by atoms with Crippen molar-refractivity contribution in [2.24, 2.45) is 0 Å². The van der Waals surface area contributed by atoms with Gasteiger partial charge in [-0.15, -0.1) is 0 Å². The number of rotatable bonds is 4. The number of nitro groups is 1. The van der Waals surface area contributed by atoms with Crippen LogP contribution in [0, 0.1) is 15.9 Å². The minimum absolute atomic E-state index is 0.0263. The molecule has 0 N–H and O–H groups in total. The van der Waals surface area contributed by atoms with Crippen molar-refractivity contribution in [3.63, 3.8) is 0 Å². The number of non-ortho nitro benzene ring substituents is 1. The van der Waals surface area contributed by atoms with Crippen LogP contribution in [0.25, 0.3) is 6.08 Å². The number of carbonyl (C=O) groups excluding carboxylic acids is 1. The van der Waals surface area contributed by atoms with E-state index >= 15 is 0 Å². The van der Waals surface area contributed by atoms with Gasteiger partial charge in [-0.05, 0) is 53.6 Å². The van der Waals surface area contributed by atoms with Crippen LogP contribution in [-0.4, -0.2) is 22.3 Å². The summed E-state index contributed by atoms with van der Waals surface area (Å²) in [7, 11) is 0. The SMILES string of the molecule is O=C1/C(=C/c2ccc([N+](=O)[O-])cc2)Oc2c1ccc1c2CN(Cc2ccc(F)cc2)CO1. The third-order valence-electron chi connectivity index (χ3n) is 5.40. The van der Waals surface area contributed by atoms with Gasteiger partial charge in [0.1, 0.15) is 24.0 Å². The highest BCUT2D eigenvalue weighted by Crippen LogP contribution is 2.42. The van der Waals surface area contributed by atoms with Crippen molar-refractivity contribution in [2.45, 2.75) is 13.1 Å². The molecule has 0 bridgehead atoms. The second kappa shape index (κ2) is 7.90. The Labute approximate surface area is 182 Å². The Bertz CT molecular complexity index is 1250. The summed E-state index contributed by atoms with van der Waals surface area (Å²) in [6, 6.07) is 15.6. The quantitative estimate of drug-likeness (QED) is 0.338. The summed E-state index contributed by atoms with van der Waals surface area (Å²) < 4.78 is 25.0. The molecule has 0 aliphatic carbocycles. The molecule has 8 heteroatoms. The topological polar surface area (TPSA) is 81.9 Å². The van der Waals surface area contributed by atoms with E-state index in [0.717, 1.165) is 11.1 Å². The number of halogens is 1. The van der Waals surface area contributed by atoms with Gasteiger partial charge in [0, 0.05) is 25.2 Å². The van der Waals surface area contributed by atoms with Crippen molar-refractivity contribution in [3.8, 4) is 11.5 Å². The standard InChI is InChI=1S/C24H17FN2O5/c25-17-5-1-16(2-6-17)12-26-13-20-21(31-14-26)10-9-19-23(28)22(32-24(19)20)11-15-3-7-18(8-4-15)27(29)30/h1-11H,12-14H2/b22-11-. The lowest BCUT2D eigenvalue weighted by Crippen LogP contribution is -2.31. The first-order valence-corrected chi connectivity index (χ1v) is 9.92. The summed E-state index contributed by atoms with van der Waals surface area (Å²) in [5.74, 6) is 0.730. The van der Waals surface area contributed by atoms with Gasteiger partial charge in [0.15, 0.2) is 5.76 Å². The molecular formula is C24H17FN2O5. The molecule has 0 fully saturated rings. The molecule has 3 aromatic carbocycles. The van der Waals surface area contributed by atoms with Crippen molar-refractivity contribution in [3.05, 3.63) is 105 Å². The van der Waals surface area contributed by atoms with Crippen LogP contribution in [0.2, 0.25) is 0 Å². The molecule has 2 heterocycles. The Morgan fingerprint density at radius 1 is 1.06 bits per heavy atom. The molecule has 0 saturated carbocycles. The lowest BCUT2D eigenvalue weighted by Gasteiger charge is -2.29. The van der Waals surface area contributed by atoms with Crippen LogP contribution in [0.4, 0.5) is 10.1 Å². The predicted octanol–water partition coefficient (Wildman–Crippen LogP) is 4.70. The van der Waals surface area contributed by atoms with Crippen LogP contribution in [0.15, 0.2) is 66.4 Å². The number of ether oxygens (including phenoxy) is 2. The van der Waals surface area contributed by atoms with Crippen LogP contribution in [0.1, 0.15) is 27.0 Å². The fraction of sp³-hybridized carbons (Fsp3) is 0.125. The van der Waals surface area contributed by atoms with Crippen molar-refractivity contribution < 1.29 is 23.6 Å². The molecule has 0 amide bonds. The molecular weight excluding hydrogens is 415 g/mol. The first kappa shape index (κ1) is 19.9. The molecule has 0 saturated heterocycles. The largest absolute Gasteiger partial charge is 0.478 e. The average Bonchev–Trinajstić information content (AvgIpc) is 3.11. The molecule has 3 aromatic rings. The van der Waals surface area contributed by atoms with Gasteiger partial charge in [0.2, 0.25) is 5.78 Å².